The van der Waals surface area contributed by atoms with Gasteiger partial charge in [0.25, 0.3) is 0 Å². The maximum Gasteiger partial charge on any atom is 0.407 e. The normalized spacial score (nSPS) is 15.7. The first-order valence-corrected chi connectivity index (χ1v) is 22.9. The minimum absolute atomic E-state index is 0.0726. The second kappa shape index (κ2) is 22.4. The number of carbonyl (C=O) groups excluding carboxylic acids is 4. The zero-order valence-electron chi connectivity index (χ0n) is 39.6. The maximum atomic E-state index is 14.2. The van der Waals surface area contributed by atoms with Gasteiger partial charge in [0.15, 0.2) is 0 Å². The SMILES string of the molecule is C=C=CCCN(Cc1nc(-c2ccc(-c3ccc4c(ccc5[nH]c(C6CC(C=CCOC)CN6C(=O)C(NC(=O)OC)C(C)C)nc54)c3)cc2)c[nH]1)C(=O)C(NC(=O)CN(C)C)c1ccccc1. The summed E-state index contributed by atoms with van der Waals surface area (Å²) in [6.45, 7) is 9.14. The molecule has 68 heavy (non-hydrogen) atoms. The van der Waals surface area contributed by atoms with Crippen LogP contribution in [-0.4, -0.2) is 119 Å². The van der Waals surface area contributed by atoms with Gasteiger partial charge in [-0.25, -0.2) is 14.8 Å². The summed E-state index contributed by atoms with van der Waals surface area (Å²) in [5.74, 6) is 0.518. The largest absolute Gasteiger partial charge is 0.453 e. The van der Waals surface area contributed by atoms with Crippen molar-refractivity contribution in [2.24, 2.45) is 11.8 Å². The highest BCUT2D eigenvalue weighted by molar-refractivity contribution is 6.05. The summed E-state index contributed by atoms with van der Waals surface area (Å²) >= 11 is 0. The van der Waals surface area contributed by atoms with Crippen LogP contribution in [0.3, 0.4) is 0 Å². The molecule has 1 aliphatic rings. The molecule has 0 aliphatic carbocycles. The van der Waals surface area contributed by atoms with Crippen molar-refractivity contribution in [3.63, 3.8) is 0 Å². The Hall–Kier alpha value is -7.32. The van der Waals surface area contributed by atoms with E-state index in [1.165, 1.54) is 7.11 Å². The summed E-state index contributed by atoms with van der Waals surface area (Å²) in [6.07, 6.45) is 8.22. The van der Waals surface area contributed by atoms with Crippen molar-refractivity contribution < 1.29 is 28.7 Å². The molecule has 15 heteroatoms. The number of likely N-dealkylation sites (N-methyl/N-ethyl adjacent to an activating group) is 1. The zero-order valence-corrected chi connectivity index (χ0v) is 39.6. The Morgan fingerprint density at radius 3 is 2.41 bits per heavy atom. The van der Waals surface area contributed by atoms with E-state index in [-0.39, 0.29) is 48.7 Å². The van der Waals surface area contributed by atoms with Crippen molar-refractivity contribution in [1.29, 1.82) is 0 Å². The first kappa shape index (κ1) is 48.6. The van der Waals surface area contributed by atoms with Gasteiger partial charge in [0.2, 0.25) is 17.7 Å². The number of hydrogen-bond acceptors (Lipinski definition) is 9. The van der Waals surface area contributed by atoms with E-state index in [2.05, 4.69) is 75.4 Å². The van der Waals surface area contributed by atoms with E-state index in [1.54, 1.807) is 23.0 Å². The number of nitrogens with zero attached hydrogens (tertiary/aromatic N) is 5. The van der Waals surface area contributed by atoms with Crippen LogP contribution < -0.4 is 10.6 Å². The first-order chi connectivity index (χ1) is 32.9. The van der Waals surface area contributed by atoms with Crippen LogP contribution >= 0.6 is 0 Å². The van der Waals surface area contributed by atoms with E-state index in [9.17, 15) is 19.2 Å². The molecule has 0 spiro atoms. The van der Waals surface area contributed by atoms with Crippen LogP contribution in [-0.2, 0) is 30.4 Å². The summed E-state index contributed by atoms with van der Waals surface area (Å²) in [5, 5.41) is 7.69. The molecule has 4 atom stereocenters. The van der Waals surface area contributed by atoms with Crippen LogP contribution in [0.25, 0.3) is 44.2 Å². The zero-order chi connectivity index (χ0) is 48.3. The summed E-state index contributed by atoms with van der Waals surface area (Å²) in [7, 11) is 6.55. The van der Waals surface area contributed by atoms with Crippen molar-refractivity contribution in [1.82, 2.24) is 45.3 Å². The lowest BCUT2D eigenvalue weighted by atomic mass is 9.99. The highest BCUT2D eigenvalue weighted by atomic mass is 16.5. The van der Waals surface area contributed by atoms with E-state index in [1.807, 2.05) is 93.6 Å². The number of aromatic amines is 2. The Morgan fingerprint density at radius 2 is 1.71 bits per heavy atom. The number of benzene rings is 4. The van der Waals surface area contributed by atoms with Crippen LogP contribution in [0.1, 0.15) is 56.0 Å². The third kappa shape index (κ3) is 11.6. The number of rotatable bonds is 19. The number of alkyl carbamates (subject to hydrolysis) is 1. The molecule has 15 nitrogen and oxygen atoms in total. The second-order valence-electron chi connectivity index (χ2n) is 17.7. The number of nitrogens with one attached hydrogen (secondary N) is 4. The van der Waals surface area contributed by atoms with E-state index >= 15 is 0 Å². The smallest absolute Gasteiger partial charge is 0.407 e. The first-order valence-electron chi connectivity index (χ1n) is 22.9. The second-order valence-corrected chi connectivity index (χ2v) is 17.7. The molecule has 3 heterocycles. The Balaban J connectivity index is 1.09. The Labute approximate surface area is 397 Å². The van der Waals surface area contributed by atoms with E-state index in [0.717, 1.165) is 44.2 Å². The molecule has 4 aromatic carbocycles. The summed E-state index contributed by atoms with van der Waals surface area (Å²) in [5.41, 5.74) is 8.86. The highest BCUT2D eigenvalue weighted by Gasteiger charge is 2.41. The third-order valence-corrected chi connectivity index (χ3v) is 12.1. The molecule has 4 N–H and O–H groups in total. The lowest BCUT2D eigenvalue weighted by molar-refractivity contribution is -0.137. The Bertz CT molecular complexity index is 2790. The number of ether oxygens (including phenoxy) is 2. The van der Waals surface area contributed by atoms with Crippen molar-refractivity contribution in [3.8, 4) is 22.4 Å². The molecule has 4 unspecified atom stereocenters. The van der Waals surface area contributed by atoms with Gasteiger partial charge in [0.1, 0.15) is 23.7 Å². The molecular weight excluding hydrogens is 859 g/mol. The molecule has 0 saturated carbocycles. The minimum Gasteiger partial charge on any atom is -0.453 e. The molecule has 4 amide bonds. The molecular formula is C53H61N9O6. The number of aromatic nitrogens is 4. The highest BCUT2D eigenvalue weighted by Crippen LogP contribution is 2.38. The molecule has 354 valence electrons. The monoisotopic (exact) mass is 919 g/mol. The number of amides is 4. The number of fused-ring (bicyclic) bond motifs is 3. The topological polar surface area (TPSA) is 178 Å². The average molecular weight is 920 g/mol. The van der Waals surface area contributed by atoms with Crippen LogP contribution in [0, 0.1) is 11.8 Å². The van der Waals surface area contributed by atoms with Gasteiger partial charge < -0.3 is 44.8 Å². The molecule has 1 fully saturated rings. The van der Waals surface area contributed by atoms with Crippen molar-refractivity contribution in [2.45, 2.75) is 51.4 Å². The fraction of sp³-hybridized carbons (Fsp3) is 0.340. The number of likely N-dealkylation sites (tertiary alicyclic amines) is 1. The van der Waals surface area contributed by atoms with Crippen LogP contribution in [0.5, 0.6) is 0 Å². The minimum atomic E-state index is -0.874. The van der Waals surface area contributed by atoms with Crippen molar-refractivity contribution >= 4 is 45.6 Å². The quantitative estimate of drug-likeness (QED) is 0.0468. The predicted octanol–water partition coefficient (Wildman–Crippen LogP) is 7.72. The summed E-state index contributed by atoms with van der Waals surface area (Å²) in [6, 6.07) is 25.9. The van der Waals surface area contributed by atoms with Crippen LogP contribution in [0.15, 0.2) is 122 Å². The fourth-order valence-corrected chi connectivity index (χ4v) is 8.70. The summed E-state index contributed by atoms with van der Waals surface area (Å²) < 4.78 is 10.1. The van der Waals surface area contributed by atoms with Crippen LogP contribution in [0.4, 0.5) is 4.79 Å². The molecule has 6 aromatic rings. The van der Waals surface area contributed by atoms with E-state index in [4.69, 9.17) is 19.4 Å². The van der Waals surface area contributed by atoms with Gasteiger partial charge in [-0.05, 0) is 79.1 Å². The van der Waals surface area contributed by atoms with Gasteiger partial charge in [0, 0.05) is 37.3 Å². The summed E-state index contributed by atoms with van der Waals surface area (Å²) in [4.78, 5) is 75.7. The molecule has 1 aliphatic heterocycles. The average Bonchev–Trinajstić information content (AvgIpc) is 4.11. The molecule has 0 bridgehead atoms. The predicted molar refractivity (Wildman–Crippen MR) is 264 cm³/mol. The lowest BCUT2D eigenvalue weighted by Gasteiger charge is -2.30. The van der Waals surface area contributed by atoms with E-state index in [0.29, 0.717) is 49.8 Å². The molecule has 0 radical (unpaired) electrons. The fourth-order valence-electron chi connectivity index (χ4n) is 8.70. The van der Waals surface area contributed by atoms with Gasteiger partial charge >= 0.3 is 6.09 Å². The molecule has 7 rings (SSSR count). The standard InChI is InChI=1S/C53H61N9O6/c1-8-9-13-26-61(51(64)48(38-16-11-10-12-17-38)57-46(63)33-60(4)5)32-45-54-30-43(55-45)37-20-18-36(19-21-37)39-22-24-41-40(29-39)23-25-42-49(41)58-50(56-42)44-28-35(15-14-27-67-6)31-62(44)52(65)47(34(2)3)59-53(66)68-7/h9-12,14-25,29-30,34-35,44,47-48H,1,13,26-28,31-33H2,2-7H3,(H,54,55)(H,56,58)(H,57,63)(H,59,66). The van der Waals surface area contributed by atoms with Crippen LogP contribution in [0.2, 0.25) is 0 Å². The van der Waals surface area contributed by atoms with E-state index < -0.39 is 18.2 Å². The van der Waals surface area contributed by atoms with Gasteiger partial charge in [-0.1, -0.05) is 105 Å². The number of carbonyl (C=O) groups is 4. The number of imidazole rings is 2. The number of methoxy groups -OCH3 is 2. The Morgan fingerprint density at radius 1 is 0.956 bits per heavy atom. The van der Waals surface area contributed by atoms with Gasteiger partial charge in [-0.3, -0.25) is 14.4 Å². The molecule has 2 aromatic heterocycles. The Kier molecular flexibility index (Phi) is 16.0. The van der Waals surface area contributed by atoms with Gasteiger partial charge in [-0.15, -0.1) is 5.73 Å². The van der Waals surface area contributed by atoms with Crippen molar-refractivity contribution in [2.75, 3.05) is 54.6 Å². The molecule has 1 saturated heterocycles. The lowest BCUT2D eigenvalue weighted by Crippen LogP contribution is -2.51. The number of H-pyrrole nitrogens is 2. The van der Waals surface area contributed by atoms with Gasteiger partial charge in [0.05, 0.1) is 49.6 Å². The maximum absolute atomic E-state index is 14.2. The van der Waals surface area contributed by atoms with Gasteiger partial charge in [-0.2, -0.15) is 0 Å². The van der Waals surface area contributed by atoms with Crippen molar-refractivity contribution in [3.05, 3.63) is 139 Å². The number of hydrogen-bond donors (Lipinski definition) is 4. The third-order valence-electron chi connectivity index (χ3n) is 12.1.